The summed E-state index contributed by atoms with van der Waals surface area (Å²) in [5.41, 5.74) is 8.21. The Morgan fingerprint density at radius 2 is 2.14 bits per heavy atom. The standard InChI is InChI=1S/C9H8N4O/c10-5-7-1-3-8(4-2-7)6-12-13-9(11)14/h1-4,6H,(H3,11,13,14). The number of primary amides is 1. The molecule has 5 nitrogen and oxygen atoms in total. The van der Waals surface area contributed by atoms with Crippen LogP contribution in [0.15, 0.2) is 29.4 Å². The van der Waals surface area contributed by atoms with Crippen LogP contribution in [0.5, 0.6) is 0 Å². The molecular formula is C9H8N4O. The maximum atomic E-state index is 10.2. The highest BCUT2D eigenvalue weighted by Gasteiger charge is 1.90. The molecule has 14 heavy (non-hydrogen) atoms. The minimum atomic E-state index is -0.713. The molecule has 1 rings (SSSR count). The van der Waals surface area contributed by atoms with E-state index in [1.807, 2.05) is 6.07 Å². The summed E-state index contributed by atoms with van der Waals surface area (Å²) in [5, 5.41) is 12.1. The van der Waals surface area contributed by atoms with Crippen LogP contribution in [0, 0.1) is 11.3 Å². The van der Waals surface area contributed by atoms with Crippen molar-refractivity contribution >= 4 is 12.2 Å². The van der Waals surface area contributed by atoms with Crippen molar-refractivity contribution in [3.05, 3.63) is 35.4 Å². The molecule has 0 aromatic heterocycles. The molecule has 0 spiro atoms. The van der Waals surface area contributed by atoms with E-state index in [-0.39, 0.29) is 0 Å². The summed E-state index contributed by atoms with van der Waals surface area (Å²) in [7, 11) is 0. The molecule has 70 valence electrons. The number of benzene rings is 1. The summed E-state index contributed by atoms with van der Waals surface area (Å²) in [4.78, 5) is 10.2. The zero-order chi connectivity index (χ0) is 10.4. The van der Waals surface area contributed by atoms with E-state index in [9.17, 15) is 4.79 Å². The molecule has 0 saturated heterocycles. The molecule has 0 aliphatic heterocycles. The number of carbonyl (C=O) groups is 1. The average molecular weight is 188 g/mol. The zero-order valence-electron chi connectivity index (χ0n) is 7.27. The first-order valence-corrected chi connectivity index (χ1v) is 3.81. The molecule has 0 fully saturated rings. The molecular weight excluding hydrogens is 180 g/mol. The summed E-state index contributed by atoms with van der Waals surface area (Å²) in [5.74, 6) is 0. The van der Waals surface area contributed by atoms with Gasteiger partial charge in [0.05, 0.1) is 17.8 Å². The Labute approximate surface area is 80.8 Å². The summed E-state index contributed by atoms with van der Waals surface area (Å²) < 4.78 is 0. The van der Waals surface area contributed by atoms with Crippen LogP contribution in [-0.4, -0.2) is 12.2 Å². The second-order valence-electron chi connectivity index (χ2n) is 2.47. The van der Waals surface area contributed by atoms with Gasteiger partial charge < -0.3 is 5.73 Å². The zero-order valence-corrected chi connectivity index (χ0v) is 7.27. The summed E-state index contributed by atoms with van der Waals surface area (Å²) in [6.45, 7) is 0. The molecule has 1 aromatic carbocycles. The lowest BCUT2D eigenvalue weighted by molar-refractivity contribution is 0.249. The van der Waals surface area contributed by atoms with E-state index in [0.29, 0.717) is 5.56 Å². The molecule has 2 amide bonds. The fourth-order valence-electron chi connectivity index (χ4n) is 0.814. The lowest BCUT2D eigenvalue weighted by Gasteiger charge is -1.93. The molecule has 3 N–H and O–H groups in total. The molecule has 0 saturated carbocycles. The van der Waals surface area contributed by atoms with Crippen molar-refractivity contribution in [2.24, 2.45) is 10.8 Å². The van der Waals surface area contributed by atoms with Crippen LogP contribution in [0.4, 0.5) is 4.79 Å². The number of hydrazone groups is 1. The first-order chi connectivity index (χ1) is 6.72. The second-order valence-corrected chi connectivity index (χ2v) is 2.47. The van der Waals surface area contributed by atoms with E-state index in [4.69, 9.17) is 11.0 Å². The van der Waals surface area contributed by atoms with Gasteiger partial charge in [0.2, 0.25) is 0 Å². The Bertz CT molecular complexity index is 388. The highest BCUT2D eigenvalue weighted by atomic mass is 16.2. The number of rotatable bonds is 2. The van der Waals surface area contributed by atoms with Crippen molar-refractivity contribution < 1.29 is 4.79 Å². The first kappa shape index (κ1) is 9.74. The first-order valence-electron chi connectivity index (χ1n) is 3.81. The third-order valence-corrected chi connectivity index (χ3v) is 1.43. The number of amides is 2. The van der Waals surface area contributed by atoms with Crippen LogP contribution in [0.25, 0.3) is 0 Å². The number of carbonyl (C=O) groups excluding carboxylic acids is 1. The summed E-state index contributed by atoms with van der Waals surface area (Å²) in [6, 6.07) is 8.02. The Morgan fingerprint density at radius 3 is 2.64 bits per heavy atom. The SMILES string of the molecule is N#Cc1ccc(C=NNC(N)=O)cc1. The van der Waals surface area contributed by atoms with Crippen LogP contribution in [0.1, 0.15) is 11.1 Å². The molecule has 0 unspecified atom stereocenters. The van der Waals surface area contributed by atoms with Gasteiger partial charge in [0, 0.05) is 0 Å². The summed E-state index contributed by atoms with van der Waals surface area (Å²) in [6.07, 6.45) is 1.44. The van der Waals surface area contributed by atoms with Crippen LogP contribution in [0.2, 0.25) is 0 Å². The topological polar surface area (TPSA) is 91.3 Å². The Kier molecular flexibility index (Phi) is 3.21. The minimum Gasteiger partial charge on any atom is -0.350 e. The quantitative estimate of drug-likeness (QED) is 0.524. The van der Waals surface area contributed by atoms with Crippen molar-refractivity contribution in [3.8, 4) is 6.07 Å². The molecule has 0 atom stereocenters. The molecule has 1 aromatic rings. The van der Waals surface area contributed by atoms with Crippen molar-refractivity contribution in [2.45, 2.75) is 0 Å². The van der Waals surface area contributed by atoms with E-state index in [1.165, 1.54) is 6.21 Å². The average Bonchev–Trinajstić information content (AvgIpc) is 2.18. The van der Waals surface area contributed by atoms with Gasteiger partial charge >= 0.3 is 6.03 Å². The van der Waals surface area contributed by atoms with E-state index >= 15 is 0 Å². The van der Waals surface area contributed by atoms with Crippen molar-refractivity contribution in [1.29, 1.82) is 5.26 Å². The van der Waals surface area contributed by atoms with Crippen LogP contribution >= 0.6 is 0 Å². The van der Waals surface area contributed by atoms with Gasteiger partial charge in [-0.25, -0.2) is 10.2 Å². The summed E-state index contributed by atoms with van der Waals surface area (Å²) >= 11 is 0. The maximum Gasteiger partial charge on any atom is 0.332 e. The van der Waals surface area contributed by atoms with Gasteiger partial charge in [-0.3, -0.25) is 0 Å². The highest BCUT2D eigenvalue weighted by molar-refractivity contribution is 5.81. The van der Waals surface area contributed by atoms with Gasteiger partial charge in [-0.05, 0) is 17.7 Å². The molecule has 0 heterocycles. The number of nitrogens with two attached hydrogens (primary N) is 1. The Morgan fingerprint density at radius 1 is 1.50 bits per heavy atom. The van der Waals surface area contributed by atoms with Crippen molar-refractivity contribution in [1.82, 2.24) is 5.43 Å². The fourth-order valence-corrected chi connectivity index (χ4v) is 0.814. The predicted molar refractivity (Wildman–Crippen MR) is 51.5 cm³/mol. The third-order valence-electron chi connectivity index (χ3n) is 1.43. The number of hydrogen-bond acceptors (Lipinski definition) is 3. The van der Waals surface area contributed by atoms with Crippen molar-refractivity contribution in [2.75, 3.05) is 0 Å². The van der Waals surface area contributed by atoms with Gasteiger partial charge in [0.15, 0.2) is 0 Å². The molecule has 0 aliphatic rings. The molecule has 5 heteroatoms. The minimum absolute atomic E-state index is 0.574. The number of nitrogens with zero attached hydrogens (tertiary/aromatic N) is 2. The van der Waals surface area contributed by atoms with Crippen molar-refractivity contribution in [3.63, 3.8) is 0 Å². The largest absolute Gasteiger partial charge is 0.350 e. The lowest BCUT2D eigenvalue weighted by Crippen LogP contribution is -2.24. The van der Waals surface area contributed by atoms with E-state index in [1.54, 1.807) is 24.3 Å². The van der Waals surface area contributed by atoms with E-state index < -0.39 is 6.03 Å². The smallest absolute Gasteiger partial charge is 0.332 e. The van der Waals surface area contributed by atoms with Gasteiger partial charge in [-0.1, -0.05) is 12.1 Å². The second kappa shape index (κ2) is 4.62. The number of hydrogen-bond donors (Lipinski definition) is 2. The van der Waals surface area contributed by atoms with Gasteiger partial charge in [-0.2, -0.15) is 10.4 Å². The predicted octanol–water partition coefficient (Wildman–Crippen LogP) is 0.560. The normalized spacial score (nSPS) is 9.64. The third kappa shape index (κ3) is 2.95. The molecule has 0 radical (unpaired) electrons. The van der Waals surface area contributed by atoms with Gasteiger partial charge in [0.25, 0.3) is 0 Å². The van der Waals surface area contributed by atoms with Crippen LogP contribution in [-0.2, 0) is 0 Å². The van der Waals surface area contributed by atoms with E-state index in [0.717, 1.165) is 5.56 Å². The van der Waals surface area contributed by atoms with E-state index in [2.05, 4.69) is 10.5 Å². The highest BCUT2D eigenvalue weighted by Crippen LogP contribution is 2.00. The fraction of sp³-hybridized carbons (Fsp3) is 0. The molecule has 0 aliphatic carbocycles. The lowest BCUT2D eigenvalue weighted by atomic mass is 10.2. The van der Waals surface area contributed by atoms with Gasteiger partial charge in [0.1, 0.15) is 0 Å². The maximum absolute atomic E-state index is 10.2. The van der Waals surface area contributed by atoms with Crippen LogP contribution < -0.4 is 11.2 Å². The Hall–Kier alpha value is -2.35. The number of urea groups is 1. The monoisotopic (exact) mass is 188 g/mol. The van der Waals surface area contributed by atoms with Gasteiger partial charge in [-0.15, -0.1) is 0 Å². The van der Waals surface area contributed by atoms with Crippen LogP contribution in [0.3, 0.4) is 0 Å². The number of nitrogens with one attached hydrogen (secondary N) is 1. The Balaban J connectivity index is 2.65. The number of nitriles is 1. The molecule has 0 bridgehead atoms.